The highest BCUT2D eigenvalue weighted by Crippen LogP contribution is 2.58. The Balaban J connectivity index is 2.37. The van der Waals surface area contributed by atoms with Gasteiger partial charge in [-0.3, -0.25) is 9.59 Å². The van der Waals surface area contributed by atoms with Gasteiger partial charge in [0.2, 0.25) is 0 Å². The molecular formula is C18H20O7. The first kappa shape index (κ1) is 17.4. The monoisotopic (exact) mass is 348 g/mol. The molecule has 0 bridgehead atoms. The largest absolute Gasteiger partial charge is 0.507 e. The summed E-state index contributed by atoms with van der Waals surface area (Å²) in [6, 6.07) is 0. The van der Waals surface area contributed by atoms with Crippen LogP contribution in [0, 0.1) is 12.8 Å². The van der Waals surface area contributed by atoms with E-state index in [9.17, 15) is 30.0 Å². The van der Waals surface area contributed by atoms with Crippen LogP contribution in [0.5, 0.6) is 17.2 Å². The van der Waals surface area contributed by atoms with Crippen molar-refractivity contribution in [1.29, 1.82) is 0 Å². The lowest BCUT2D eigenvalue weighted by molar-refractivity contribution is -0.130. The van der Waals surface area contributed by atoms with E-state index in [1.807, 2.05) is 0 Å². The maximum atomic E-state index is 12.3. The number of aliphatic hydroxyl groups excluding tert-OH is 2. The summed E-state index contributed by atoms with van der Waals surface area (Å²) in [5, 5.41) is 41.6. The van der Waals surface area contributed by atoms with E-state index in [1.54, 1.807) is 6.92 Å². The topological polar surface area (TPSA) is 124 Å². The SMILES string of the molecule is CC(=O)c1c(O)c(C)c(O)c2c1OC1=CC(=O)C(C(C)O)[C@H](O)[C@]12C. The van der Waals surface area contributed by atoms with Crippen LogP contribution in [0.4, 0.5) is 0 Å². The van der Waals surface area contributed by atoms with Crippen molar-refractivity contribution in [2.75, 3.05) is 0 Å². The number of rotatable bonds is 2. The van der Waals surface area contributed by atoms with E-state index >= 15 is 0 Å². The van der Waals surface area contributed by atoms with E-state index in [0.29, 0.717) is 0 Å². The molecule has 7 heteroatoms. The van der Waals surface area contributed by atoms with Gasteiger partial charge in [0.05, 0.1) is 29.1 Å². The lowest BCUT2D eigenvalue weighted by Crippen LogP contribution is -2.51. The Hall–Kier alpha value is -2.38. The highest BCUT2D eigenvalue weighted by Gasteiger charge is 2.57. The third kappa shape index (κ3) is 2.06. The number of fused-ring (bicyclic) bond motifs is 3. The van der Waals surface area contributed by atoms with Crippen LogP contribution in [-0.4, -0.2) is 44.2 Å². The summed E-state index contributed by atoms with van der Waals surface area (Å²) in [5.74, 6) is -2.81. The van der Waals surface area contributed by atoms with Crippen molar-refractivity contribution >= 4 is 11.6 Å². The van der Waals surface area contributed by atoms with Crippen molar-refractivity contribution in [3.8, 4) is 17.2 Å². The Bertz CT molecular complexity index is 837. The molecule has 1 heterocycles. The standard InChI is InChI=1S/C18H20O7/c1-6-14(22)12(8(3)20)16-13(15(6)23)18(4)10(25-16)5-9(21)11(7(2)19)17(18)24/h5,7,11,17,19,22-24H,1-4H3/t7?,11?,17-,18+/m0/s1. The summed E-state index contributed by atoms with van der Waals surface area (Å²) in [4.78, 5) is 24.3. The van der Waals surface area contributed by atoms with E-state index in [-0.39, 0.29) is 33.9 Å². The molecule has 0 aromatic heterocycles. The normalized spacial score (nSPS) is 28.7. The van der Waals surface area contributed by atoms with Gasteiger partial charge in [-0.15, -0.1) is 0 Å². The Morgan fingerprint density at radius 2 is 1.92 bits per heavy atom. The van der Waals surface area contributed by atoms with Gasteiger partial charge in [0.25, 0.3) is 0 Å². The fraction of sp³-hybridized carbons (Fsp3) is 0.444. The average Bonchev–Trinajstić information content (AvgIpc) is 2.78. The molecule has 2 unspecified atom stereocenters. The number of ether oxygens (including phenoxy) is 1. The van der Waals surface area contributed by atoms with Gasteiger partial charge < -0.3 is 25.2 Å². The van der Waals surface area contributed by atoms with Crippen LogP contribution in [0.2, 0.25) is 0 Å². The number of hydrogen-bond acceptors (Lipinski definition) is 7. The highest BCUT2D eigenvalue weighted by atomic mass is 16.5. The zero-order chi connectivity index (χ0) is 18.8. The van der Waals surface area contributed by atoms with E-state index in [2.05, 4.69) is 0 Å². The van der Waals surface area contributed by atoms with Gasteiger partial charge in [-0.2, -0.15) is 0 Å². The molecule has 25 heavy (non-hydrogen) atoms. The van der Waals surface area contributed by atoms with E-state index < -0.39 is 40.9 Å². The molecule has 0 amide bonds. The molecule has 7 nitrogen and oxygen atoms in total. The Kier molecular flexibility index (Phi) is 3.70. The van der Waals surface area contributed by atoms with Crippen LogP contribution in [-0.2, 0) is 10.2 Å². The van der Waals surface area contributed by atoms with Gasteiger partial charge in [0, 0.05) is 11.6 Å². The minimum absolute atomic E-state index is 0.0692. The fourth-order valence-corrected chi connectivity index (χ4v) is 3.79. The maximum Gasteiger partial charge on any atom is 0.167 e. The zero-order valence-corrected chi connectivity index (χ0v) is 14.3. The minimum Gasteiger partial charge on any atom is -0.507 e. The predicted octanol–water partition coefficient (Wildman–Crippen LogP) is 1.08. The fourth-order valence-electron chi connectivity index (χ4n) is 3.79. The van der Waals surface area contributed by atoms with Crippen LogP contribution < -0.4 is 4.74 Å². The molecule has 0 spiro atoms. The lowest BCUT2D eigenvalue weighted by Gasteiger charge is -2.39. The number of phenols is 2. The smallest absolute Gasteiger partial charge is 0.167 e. The summed E-state index contributed by atoms with van der Waals surface area (Å²) < 4.78 is 5.65. The number of hydrogen-bond donors (Lipinski definition) is 4. The number of aliphatic hydroxyl groups is 2. The number of carbonyl (C=O) groups excluding carboxylic acids is 2. The molecular weight excluding hydrogens is 328 g/mol. The number of carbonyl (C=O) groups is 2. The van der Waals surface area contributed by atoms with E-state index in [0.717, 1.165) is 0 Å². The second-order valence-electron chi connectivity index (χ2n) is 6.88. The first-order valence-corrected chi connectivity index (χ1v) is 7.93. The predicted molar refractivity (Wildman–Crippen MR) is 86.8 cm³/mol. The van der Waals surface area contributed by atoms with Crippen molar-refractivity contribution in [1.82, 2.24) is 0 Å². The molecule has 1 aliphatic carbocycles. The molecule has 4 atom stereocenters. The summed E-state index contributed by atoms with van der Waals surface area (Å²) in [5.41, 5.74) is -1.25. The van der Waals surface area contributed by atoms with E-state index in [4.69, 9.17) is 4.74 Å². The third-order valence-corrected chi connectivity index (χ3v) is 5.29. The van der Waals surface area contributed by atoms with Gasteiger partial charge in [0.15, 0.2) is 11.6 Å². The molecule has 0 saturated carbocycles. The number of phenolic OH excluding ortho intramolecular Hbond substituents is 2. The average molecular weight is 348 g/mol. The second-order valence-corrected chi connectivity index (χ2v) is 6.88. The first-order chi connectivity index (χ1) is 11.5. The second kappa shape index (κ2) is 5.31. The number of Topliss-reactive ketones (excluding diaryl/α,β-unsaturated/α-hetero) is 1. The molecule has 1 aliphatic heterocycles. The molecule has 134 valence electrons. The maximum absolute atomic E-state index is 12.3. The van der Waals surface area contributed by atoms with Crippen molar-refractivity contribution < 1.29 is 34.8 Å². The van der Waals surface area contributed by atoms with Crippen LogP contribution in [0.15, 0.2) is 11.8 Å². The third-order valence-electron chi connectivity index (χ3n) is 5.29. The summed E-state index contributed by atoms with van der Waals surface area (Å²) in [6.07, 6.45) is -1.33. The molecule has 2 aliphatic rings. The van der Waals surface area contributed by atoms with Crippen molar-refractivity contribution in [3.63, 3.8) is 0 Å². The molecule has 0 saturated heterocycles. The van der Waals surface area contributed by atoms with Crippen molar-refractivity contribution in [3.05, 3.63) is 28.5 Å². The molecule has 1 aromatic rings. The molecule has 4 N–H and O–H groups in total. The quantitative estimate of drug-likeness (QED) is 0.590. The number of allylic oxidation sites excluding steroid dienone is 1. The zero-order valence-electron chi connectivity index (χ0n) is 14.3. The number of benzene rings is 1. The molecule has 1 aromatic carbocycles. The van der Waals surface area contributed by atoms with Crippen LogP contribution >= 0.6 is 0 Å². The molecule has 0 radical (unpaired) electrons. The van der Waals surface area contributed by atoms with Crippen LogP contribution in [0.1, 0.15) is 42.3 Å². The molecule has 0 fully saturated rings. The summed E-state index contributed by atoms with van der Waals surface area (Å²) in [6.45, 7) is 5.65. The van der Waals surface area contributed by atoms with Gasteiger partial charge in [-0.25, -0.2) is 0 Å². The van der Waals surface area contributed by atoms with Crippen LogP contribution in [0.25, 0.3) is 0 Å². The Morgan fingerprint density at radius 1 is 1.32 bits per heavy atom. The Labute approximate surface area is 144 Å². The lowest BCUT2D eigenvalue weighted by atomic mass is 9.66. The Morgan fingerprint density at radius 3 is 2.44 bits per heavy atom. The molecule has 3 rings (SSSR count). The number of ketones is 2. The number of aromatic hydroxyl groups is 2. The van der Waals surface area contributed by atoms with Gasteiger partial charge in [0.1, 0.15) is 28.6 Å². The summed E-state index contributed by atoms with van der Waals surface area (Å²) >= 11 is 0. The minimum atomic E-state index is -1.38. The van der Waals surface area contributed by atoms with Crippen molar-refractivity contribution in [2.24, 2.45) is 5.92 Å². The van der Waals surface area contributed by atoms with Gasteiger partial charge in [-0.05, 0) is 27.7 Å². The van der Waals surface area contributed by atoms with Gasteiger partial charge in [-0.1, -0.05) is 0 Å². The highest BCUT2D eigenvalue weighted by molar-refractivity contribution is 6.02. The van der Waals surface area contributed by atoms with E-state index in [1.165, 1.54) is 26.8 Å². The summed E-state index contributed by atoms with van der Waals surface area (Å²) in [7, 11) is 0. The van der Waals surface area contributed by atoms with Crippen LogP contribution in [0.3, 0.4) is 0 Å². The van der Waals surface area contributed by atoms with Crippen molar-refractivity contribution in [2.45, 2.75) is 45.3 Å². The first-order valence-electron chi connectivity index (χ1n) is 7.93. The van der Waals surface area contributed by atoms with Gasteiger partial charge >= 0.3 is 0 Å².